The van der Waals surface area contributed by atoms with Gasteiger partial charge in [0.2, 0.25) is 0 Å². The van der Waals surface area contributed by atoms with Crippen molar-refractivity contribution >= 4 is 0 Å². The Hall–Kier alpha value is -1.33. The van der Waals surface area contributed by atoms with Crippen molar-refractivity contribution in [1.82, 2.24) is 4.98 Å². The average Bonchev–Trinajstić information content (AvgIpc) is 2.28. The molecule has 0 radical (unpaired) electrons. The van der Waals surface area contributed by atoms with E-state index in [2.05, 4.69) is 16.8 Å². The maximum atomic E-state index is 6.25. The molecule has 0 bridgehead atoms. The van der Waals surface area contributed by atoms with Crippen LogP contribution in [0.2, 0.25) is 0 Å². The zero-order valence-corrected chi connectivity index (χ0v) is 9.79. The minimum atomic E-state index is -0.262. The first-order chi connectivity index (χ1) is 7.68. The summed E-state index contributed by atoms with van der Waals surface area (Å²) in [5.74, 6) is 6.39. The summed E-state index contributed by atoms with van der Waals surface area (Å²) in [4.78, 5) is 4.13. The van der Waals surface area contributed by atoms with Crippen molar-refractivity contribution in [3.63, 3.8) is 0 Å². The zero-order valence-electron chi connectivity index (χ0n) is 9.79. The first-order valence-corrected chi connectivity index (χ1v) is 5.92. The maximum absolute atomic E-state index is 6.25. The lowest BCUT2D eigenvalue weighted by molar-refractivity contribution is 0.370. The third-order valence-corrected chi connectivity index (χ3v) is 3.08. The molecular formula is C14H18N2. The van der Waals surface area contributed by atoms with E-state index in [1.54, 1.807) is 6.20 Å². The van der Waals surface area contributed by atoms with Gasteiger partial charge >= 0.3 is 0 Å². The smallest absolute Gasteiger partial charge is 0.0779 e. The molecule has 0 aliphatic heterocycles. The van der Waals surface area contributed by atoms with E-state index in [1.165, 1.54) is 19.3 Å². The highest BCUT2D eigenvalue weighted by Gasteiger charge is 2.24. The number of aromatic nitrogens is 1. The van der Waals surface area contributed by atoms with Crippen LogP contribution >= 0.6 is 0 Å². The summed E-state index contributed by atoms with van der Waals surface area (Å²) in [6.07, 6.45) is 9.40. The van der Waals surface area contributed by atoms with Crippen LogP contribution < -0.4 is 5.73 Å². The van der Waals surface area contributed by atoms with Crippen molar-refractivity contribution in [2.45, 2.75) is 44.6 Å². The summed E-state index contributed by atoms with van der Waals surface area (Å²) in [5, 5.41) is 0. The third-order valence-electron chi connectivity index (χ3n) is 3.08. The fraction of sp³-hybridized carbons (Fsp3) is 0.500. The van der Waals surface area contributed by atoms with E-state index in [0.29, 0.717) is 0 Å². The van der Waals surface area contributed by atoms with E-state index in [4.69, 9.17) is 5.73 Å². The Bertz CT molecular complexity index is 420. The normalized spacial score (nSPS) is 18.6. The zero-order chi connectivity index (χ0) is 11.4. The van der Waals surface area contributed by atoms with Crippen molar-refractivity contribution < 1.29 is 0 Å². The van der Waals surface area contributed by atoms with Crippen molar-refractivity contribution in [2.75, 3.05) is 0 Å². The molecule has 2 N–H and O–H groups in total. The maximum Gasteiger partial charge on any atom is 0.0779 e. The SMILES string of the molecule is Cc1cncc(C#CC2(N)CCCCC2)c1. The second kappa shape index (κ2) is 4.67. The molecule has 0 atom stereocenters. The molecular weight excluding hydrogens is 196 g/mol. The Morgan fingerprint density at radius 3 is 2.69 bits per heavy atom. The predicted octanol–water partition coefficient (Wildman–Crippen LogP) is 2.40. The molecule has 0 aromatic carbocycles. The number of aryl methyl sites for hydroxylation is 1. The quantitative estimate of drug-likeness (QED) is 0.673. The Kier molecular flexibility index (Phi) is 3.26. The summed E-state index contributed by atoms with van der Waals surface area (Å²) < 4.78 is 0. The van der Waals surface area contributed by atoms with Crippen LogP contribution in [0.5, 0.6) is 0 Å². The average molecular weight is 214 g/mol. The second-order valence-electron chi connectivity index (χ2n) is 4.72. The van der Waals surface area contributed by atoms with E-state index in [1.807, 2.05) is 19.2 Å². The molecule has 1 fully saturated rings. The number of nitrogens with two attached hydrogens (primary N) is 1. The lowest BCUT2D eigenvalue weighted by Crippen LogP contribution is -2.40. The number of hydrogen-bond donors (Lipinski definition) is 1. The van der Waals surface area contributed by atoms with Gasteiger partial charge in [0.25, 0.3) is 0 Å². The van der Waals surface area contributed by atoms with Gasteiger partial charge < -0.3 is 5.73 Å². The first kappa shape index (κ1) is 11.2. The van der Waals surface area contributed by atoms with Gasteiger partial charge in [-0.2, -0.15) is 0 Å². The summed E-state index contributed by atoms with van der Waals surface area (Å²) in [7, 11) is 0. The van der Waals surface area contributed by atoms with Gasteiger partial charge in [0.1, 0.15) is 0 Å². The molecule has 16 heavy (non-hydrogen) atoms. The summed E-state index contributed by atoms with van der Waals surface area (Å²) >= 11 is 0. The molecule has 2 heteroatoms. The minimum absolute atomic E-state index is 0.262. The molecule has 0 spiro atoms. The largest absolute Gasteiger partial charge is 0.315 e. The van der Waals surface area contributed by atoms with Crippen LogP contribution in [0.15, 0.2) is 18.5 Å². The van der Waals surface area contributed by atoms with E-state index in [0.717, 1.165) is 24.0 Å². The second-order valence-corrected chi connectivity index (χ2v) is 4.72. The molecule has 1 aromatic rings. The fourth-order valence-corrected chi connectivity index (χ4v) is 2.13. The predicted molar refractivity (Wildman–Crippen MR) is 65.9 cm³/mol. The lowest BCUT2D eigenvalue weighted by Gasteiger charge is -2.27. The molecule has 1 aliphatic carbocycles. The number of nitrogens with zero attached hydrogens (tertiary/aromatic N) is 1. The molecule has 2 nitrogen and oxygen atoms in total. The molecule has 84 valence electrons. The number of hydrogen-bond acceptors (Lipinski definition) is 2. The van der Waals surface area contributed by atoms with Crippen molar-refractivity contribution in [1.29, 1.82) is 0 Å². The highest BCUT2D eigenvalue weighted by molar-refractivity contribution is 5.36. The van der Waals surface area contributed by atoms with Gasteiger partial charge in [-0.1, -0.05) is 31.1 Å². The van der Waals surface area contributed by atoms with Crippen molar-refractivity contribution in [2.24, 2.45) is 5.73 Å². The topological polar surface area (TPSA) is 38.9 Å². The standard InChI is InChI=1S/C14H18N2/c1-12-9-13(11-16-10-12)5-8-14(15)6-3-2-4-7-14/h9-11H,2-4,6-7,15H2,1H3. The summed E-state index contributed by atoms with van der Waals surface area (Å²) in [5.41, 5.74) is 8.10. The van der Waals surface area contributed by atoms with E-state index in [9.17, 15) is 0 Å². The van der Waals surface area contributed by atoms with Crippen LogP contribution in [0, 0.1) is 18.8 Å². The Morgan fingerprint density at radius 1 is 1.25 bits per heavy atom. The van der Waals surface area contributed by atoms with Crippen LogP contribution in [0.4, 0.5) is 0 Å². The fourth-order valence-electron chi connectivity index (χ4n) is 2.13. The third kappa shape index (κ3) is 2.84. The van der Waals surface area contributed by atoms with Gasteiger partial charge in [-0.25, -0.2) is 0 Å². The Balaban J connectivity index is 2.14. The van der Waals surface area contributed by atoms with Gasteiger partial charge in [0.15, 0.2) is 0 Å². The molecule has 2 rings (SSSR count). The number of pyridine rings is 1. The van der Waals surface area contributed by atoms with Crippen LogP contribution in [-0.4, -0.2) is 10.5 Å². The van der Waals surface area contributed by atoms with E-state index < -0.39 is 0 Å². The Labute approximate surface area is 97.3 Å². The van der Waals surface area contributed by atoms with Gasteiger partial charge in [-0.05, 0) is 31.4 Å². The molecule has 1 aliphatic rings. The molecule has 1 saturated carbocycles. The van der Waals surface area contributed by atoms with Crippen molar-refractivity contribution in [3.8, 4) is 11.8 Å². The lowest BCUT2D eigenvalue weighted by atomic mass is 9.83. The highest BCUT2D eigenvalue weighted by atomic mass is 14.7. The van der Waals surface area contributed by atoms with E-state index in [-0.39, 0.29) is 5.54 Å². The molecule has 1 heterocycles. The van der Waals surface area contributed by atoms with E-state index >= 15 is 0 Å². The van der Waals surface area contributed by atoms with Crippen LogP contribution in [-0.2, 0) is 0 Å². The number of rotatable bonds is 0. The van der Waals surface area contributed by atoms with Crippen LogP contribution in [0.1, 0.15) is 43.2 Å². The van der Waals surface area contributed by atoms with Crippen molar-refractivity contribution in [3.05, 3.63) is 29.6 Å². The molecule has 0 saturated heterocycles. The minimum Gasteiger partial charge on any atom is -0.315 e. The van der Waals surface area contributed by atoms with Crippen LogP contribution in [0.3, 0.4) is 0 Å². The molecule has 0 amide bonds. The van der Waals surface area contributed by atoms with Gasteiger partial charge in [-0.15, -0.1) is 0 Å². The van der Waals surface area contributed by atoms with Gasteiger partial charge in [0.05, 0.1) is 5.54 Å². The van der Waals surface area contributed by atoms with Gasteiger partial charge in [0, 0.05) is 18.0 Å². The summed E-state index contributed by atoms with van der Waals surface area (Å²) in [6.45, 7) is 2.02. The highest BCUT2D eigenvalue weighted by Crippen LogP contribution is 2.25. The first-order valence-electron chi connectivity index (χ1n) is 5.92. The Morgan fingerprint density at radius 2 is 2.00 bits per heavy atom. The molecule has 0 unspecified atom stereocenters. The monoisotopic (exact) mass is 214 g/mol. The molecule has 1 aromatic heterocycles. The van der Waals surface area contributed by atoms with Crippen LogP contribution in [0.25, 0.3) is 0 Å². The van der Waals surface area contributed by atoms with Gasteiger partial charge in [-0.3, -0.25) is 4.98 Å². The summed E-state index contributed by atoms with van der Waals surface area (Å²) in [6, 6.07) is 2.05.